The van der Waals surface area contributed by atoms with Crippen LogP contribution in [0.1, 0.15) is 24.6 Å². The molecule has 1 unspecified atom stereocenters. The second kappa shape index (κ2) is 6.23. The average molecular weight is 221 g/mol. The maximum atomic E-state index is 11.5. The molecule has 0 saturated carbocycles. The number of nitrogens with zero attached hydrogens (tertiary/aromatic N) is 1. The molecule has 4 heteroatoms. The molecule has 0 aliphatic rings. The lowest BCUT2D eigenvalue weighted by Crippen LogP contribution is -2.30. The number of aromatic nitrogens is 1. The molecule has 16 heavy (non-hydrogen) atoms. The number of hydrogen-bond acceptors (Lipinski definition) is 3. The molecular weight excluding hydrogens is 202 g/mol. The number of amides is 1. The van der Waals surface area contributed by atoms with Crippen LogP contribution in [0.4, 0.5) is 0 Å². The van der Waals surface area contributed by atoms with Gasteiger partial charge in [0.05, 0.1) is 6.42 Å². The Bertz CT molecular complexity index is 333. The molecule has 3 N–H and O–H groups in total. The Balaban J connectivity index is 2.31. The van der Waals surface area contributed by atoms with Gasteiger partial charge in [-0.2, -0.15) is 0 Å². The van der Waals surface area contributed by atoms with Crippen LogP contribution < -0.4 is 11.1 Å². The van der Waals surface area contributed by atoms with Crippen molar-refractivity contribution in [3.05, 3.63) is 29.6 Å². The first-order valence-corrected chi connectivity index (χ1v) is 5.51. The van der Waals surface area contributed by atoms with E-state index in [2.05, 4.69) is 10.3 Å². The van der Waals surface area contributed by atoms with Crippen LogP contribution in [0.2, 0.25) is 0 Å². The van der Waals surface area contributed by atoms with E-state index >= 15 is 0 Å². The van der Waals surface area contributed by atoms with E-state index in [1.807, 2.05) is 26.0 Å². The van der Waals surface area contributed by atoms with Crippen LogP contribution in [0.25, 0.3) is 0 Å². The lowest BCUT2D eigenvalue weighted by atomic mass is 10.2. The summed E-state index contributed by atoms with van der Waals surface area (Å²) in [6, 6.07) is 3.96. The number of carbonyl (C=O) groups is 1. The molecule has 0 saturated heterocycles. The number of rotatable bonds is 5. The number of aryl methyl sites for hydroxylation is 1. The lowest BCUT2D eigenvalue weighted by molar-refractivity contribution is -0.120. The van der Waals surface area contributed by atoms with Crippen molar-refractivity contribution in [2.45, 2.75) is 32.7 Å². The standard InChI is InChI=1S/C12H19N3O/c1-9(13)5-6-14-12(16)7-11-4-3-10(2)15-8-11/h3-4,8-9H,5-7,13H2,1-2H3,(H,14,16). The molecule has 1 amide bonds. The zero-order valence-corrected chi connectivity index (χ0v) is 9.86. The maximum Gasteiger partial charge on any atom is 0.224 e. The molecule has 0 fully saturated rings. The Labute approximate surface area is 96.3 Å². The molecule has 0 spiro atoms. The summed E-state index contributed by atoms with van der Waals surface area (Å²) in [5.74, 6) is 0.0197. The molecule has 88 valence electrons. The predicted molar refractivity (Wildman–Crippen MR) is 64.0 cm³/mol. The van der Waals surface area contributed by atoms with Gasteiger partial charge in [0, 0.05) is 24.5 Å². The SMILES string of the molecule is Cc1ccc(CC(=O)NCCC(C)N)cn1. The fourth-order valence-electron chi connectivity index (χ4n) is 1.29. The fraction of sp³-hybridized carbons (Fsp3) is 0.500. The lowest BCUT2D eigenvalue weighted by Gasteiger charge is -2.07. The van der Waals surface area contributed by atoms with E-state index in [4.69, 9.17) is 5.73 Å². The van der Waals surface area contributed by atoms with Crippen molar-refractivity contribution in [2.24, 2.45) is 5.73 Å². The van der Waals surface area contributed by atoms with Gasteiger partial charge in [-0.05, 0) is 31.9 Å². The van der Waals surface area contributed by atoms with Crippen molar-refractivity contribution in [1.82, 2.24) is 10.3 Å². The molecule has 1 rings (SSSR count). The molecule has 4 nitrogen and oxygen atoms in total. The van der Waals surface area contributed by atoms with Crippen LogP contribution in [0.15, 0.2) is 18.3 Å². The largest absolute Gasteiger partial charge is 0.356 e. The number of nitrogens with one attached hydrogen (secondary N) is 1. The van der Waals surface area contributed by atoms with Gasteiger partial charge in [0.15, 0.2) is 0 Å². The van der Waals surface area contributed by atoms with E-state index in [1.165, 1.54) is 0 Å². The van der Waals surface area contributed by atoms with Crippen molar-refractivity contribution in [3.8, 4) is 0 Å². The number of carbonyl (C=O) groups excluding carboxylic acids is 1. The Kier molecular flexibility index (Phi) is 4.92. The van der Waals surface area contributed by atoms with Gasteiger partial charge in [-0.1, -0.05) is 6.07 Å². The maximum absolute atomic E-state index is 11.5. The molecule has 1 aromatic heterocycles. The Morgan fingerprint density at radius 1 is 1.56 bits per heavy atom. The highest BCUT2D eigenvalue weighted by Crippen LogP contribution is 2.00. The predicted octanol–water partition coefficient (Wildman–Crippen LogP) is 0.786. The molecular formula is C12H19N3O. The summed E-state index contributed by atoms with van der Waals surface area (Å²) >= 11 is 0. The van der Waals surface area contributed by atoms with Gasteiger partial charge in [-0.25, -0.2) is 0 Å². The van der Waals surface area contributed by atoms with Crippen molar-refractivity contribution < 1.29 is 4.79 Å². The van der Waals surface area contributed by atoms with Crippen LogP contribution in [-0.4, -0.2) is 23.5 Å². The quantitative estimate of drug-likeness (QED) is 0.772. The van der Waals surface area contributed by atoms with Crippen LogP contribution in [0.3, 0.4) is 0 Å². The minimum absolute atomic E-state index is 0.0197. The van der Waals surface area contributed by atoms with E-state index in [0.717, 1.165) is 17.7 Å². The molecule has 0 bridgehead atoms. The first-order chi connectivity index (χ1) is 7.58. The highest BCUT2D eigenvalue weighted by atomic mass is 16.1. The molecule has 0 radical (unpaired) electrons. The summed E-state index contributed by atoms with van der Waals surface area (Å²) in [7, 11) is 0. The third kappa shape index (κ3) is 4.89. The summed E-state index contributed by atoms with van der Waals surface area (Å²) in [6.07, 6.45) is 2.92. The smallest absolute Gasteiger partial charge is 0.224 e. The normalized spacial score (nSPS) is 12.2. The van der Waals surface area contributed by atoms with Crippen LogP contribution in [-0.2, 0) is 11.2 Å². The zero-order chi connectivity index (χ0) is 12.0. The number of nitrogens with two attached hydrogens (primary N) is 1. The van der Waals surface area contributed by atoms with Gasteiger partial charge >= 0.3 is 0 Å². The topological polar surface area (TPSA) is 68.0 Å². The van der Waals surface area contributed by atoms with Crippen molar-refractivity contribution >= 4 is 5.91 Å². The number of hydrogen-bond donors (Lipinski definition) is 2. The molecule has 1 heterocycles. The highest BCUT2D eigenvalue weighted by molar-refractivity contribution is 5.78. The minimum Gasteiger partial charge on any atom is -0.356 e. The van der Waals surface area contributed by atoms with Crippen molar-refractivity contribution in [1.29, 1.82) is 0 Å². The fourth-order valence-corrected chi connectivity index (χ4v) is 1.29. The zero-order valence-electron chi connectivity index (χ0n) is 9.86. The average Bonchev–Trinajstić information content (AvgIpc) is 2.21. The van der Waals surface area contributed by atoms with E-state index in [0.29, 0.717) is 13.0 Å². The third-order valence-electron chi connectivity index (χ3n) is 2.26. The van der Waals surface area contributed by atoms with E-state index in [9.17, 15) is 4.79 Å². The van der Waals surface area contributed by atoms with E-state index in [1.54, 1.807) is 6.20 Å². The first-order valence-electron chi connectivity index (χ1n) is 5.51. The second-order valence-electron chi connectivity index (χ2n) is 4.10. The highest BCUT2D eigenvalue weighted by Gasteiger charge is 2.03. The van der Waals surface area contributed by atoms with E-state index in [-0.39, 0.29) is 11.9 Å². The molecule has 0 aromatic carbocycles. The van der Waals surface area contributed by atoms with Gasteiger partial charge in [0.1, 0.15) is 0 Å². The van der Waals surface area contributed by atoms with Crippen LogP contribution >= 0.6 is 0 Å². The summed E-state index contributed by atoms with van der Waals surface area (Å²) in [5.41, 5.74) is 7.48. The van der Waals surface area contributed by atoms with Crippen molar-refractivity contribution in [3.63, 3.8) is 0 Å². The molecule has 0 aliphatic heterocycles. The molecule has 1 atom stereocenters. The summed E-state index contributed by atoms with van der Waals surface area (Å²) in [4.78, 5) is 15.6. The Morgan fingerprint density at radius 3 is 2.88 bits per heavy atom. The molecule has 1 aromatic rings. The number of pyridine rings is 1. The van der Waals surface area contributed by atoms with Gasteiger partial charge in [0.25, 0.3) is 0 Å². The van der Waals surface area contributed by atoms with Crippen LogP contribution in [0, 0.1) is 6.92 Å². The van der Waals surface area contributed by atoms with Gasteiger partial charge in [-0.15, -0.1) is 0 Å². The summed E-state index contributed by atoms with van der Waals surface area (Å²) in [6.45, 7) is 4.48. The van der Waals surface area contributed by atoms with Gasteiger partial charge in [0.2, 0.25) is 5.91 Å². The van der Waals surface area contributed by atoms with Crippen LogP contribution in [0.5, 0.6) is 0 Å². The Morgan fingerprint density at radius 2 is 2.31 bits per heavy atom. The minimum atomic E-state index is 0.0197. The first kappa shape index (κ1) is 12.6. The van der Waals surface area contributed by atoms with Crippen molar-refractivity contribution in [2.75, 3.05) is 6.54 Å². The van der Waals surface area contributed by atoms with Gasteiger partial charge in [-0.3, -0.25) is 9.78 Å². The second-order valence-corrected chi connectivity index (χ2v) is 4.10. The Hall–Kier alpha value is -1.42. The molecule has 0 aliphatic carbocycles. The van der Waals surface area contributed by atoms with E-state index < -0.39 is 0 Å². The summed E-state index contributed by atoms with van der Waals surface area (Å²) < 4.78 is 0. The summed E-state index contributed by atoms with van der Waals surface area (Å²) in [5, 5.41) is 2.83. The van der Waals surface area contributed by atoms with Gasteiger partial charge < -0.3 is 11.1 Å². The monoisotopic (exact) mass is 221 g/mol. The third-order valence-corrected chi connectivity index (χ3v) is 2.26.